The smallest absolute Gasteiger partial charge is 0.338 e. The van der Waals surface area contributed by atoms with E-state index in [0.29, 0.717) is 0 Å². The van der Waals surface area contributed by atoms with E-state index < -0.39 is 28.5 Å². The van der Waals surface area contributed by atoms with Crippen molar-refractivity contribution in [2.45, 2.75) is 31.0 Å². The number of ether oxygens (including phenoxy) is 2. The molecule has 2 unspecified atom stereocenters. The largest absolute Gasteiger partial charge is 0.452 e. The summed E-state index contributed by atoms with van der Waals surface area (Å²) in [6.45, 7) is 3.69. The van der Waals surface area contributed by atoms with E-state index in [1.807, 2.05) is 13.8 Å². The number of carbonyl (C=O) groups is 2. The number of likely N-dealkylation sites (N-methyl/N-ethyl adjacent to an activating group) is 1. The molecular weight excluding hydrogens is 348 g/mol. The Bertz CT molecular complexity index is 739. The zero-order valence-electron chi connectivity index (χ0n) is 14.4. The summed E-state index contributed by atoms with van der Waals surface area (Å²) < 4.78 is 37.4. The van der Waals surface area contributed by atoms with E-state index in [2.05, 4.69) is 5.32 Å². The maximum Gasteiger partial charge on any atom is 0.338 e. The summed E-state index contributed by atoms with van der Waals surface area (Å²) in [5, 5.41) is 2.33. The molecule has 2 rings (SSSR count). The van der Waals surface area contributed by atoms with Gasteiger partial charge in [-0.05, 0) is 32.0 Å². The fraction of sp³-hybridized carbons (Fsp3) is 0.500. The highest BCUT2D eigenvalue weighted by molar-refractivity contribution is 7.89. The molecule has 1 N–H and O–H groups in total. The lowest BCUT2D eigenvalue weighted by Gasteiger charge is -2.34. The number of amides is 1. The van der Waals surface area contributed by atoms with Crippen LogP contribution >= 0.6 is 0 Å². The Kier molecular flexibility index (Phi) is 6.15. The van der Waals surface area contributed by atoms with Gasteiger partial charge in [0.1, 0.15) is 0 Å². The van der Waals surface area contributed by atoms with Crippen LogP contribution in [0.4, 0.5) is 0 Å². The molecule has 9 heteroatoms. The van der Waals surface area contributed by atoms with Crippen LogP contribution in [-0.4, -0.2) is 63.6 Å². The lowest BCUT2D eigenvalue weighted by Crippen LogP contribution is -2.48. The Balaban J connectivity index is 2.19. The normalized spacial score (nSPS) is 21.6. The van der Waals surface area contributed by atoms with Crippen molar-refractivity contribution in [2.75, 3.05) is 26.7 Å². The lowest BCUT2D eigenvalue weighted by atomic mass is 10.2. The van der Waals surface area contributed by atoms with Gasteiger partial charge in [0.25, 0.3) is 5.91 Å². The molecular formula is C16H22N2O6S. The minimum Gasteiger partial charge on any atom is -0.452 e. The van der Waals surface area contributed by atoms with Gasteiger partial charge in [-0.25, -0.2) is 13.2 Å². The topological polar surface area (TPSA) is 102 Å². The molecule has 2 atom stereocenters. The molecule has 0 bridgehead atoms. The quantitative estimate of drug-likeness (QED) is 0.752. The molecule has 0 spiro atoms. The van der Waals surface area contributed by atoms with Gasteiger partial charge in [-0.2, -0.15) is 4.31 Å². The molecule has 1 aromatic carbocycles. The second-order valence-electron chi connectivity index (χ2n) is 5.86. The summed E-state index contributed by atoms with van der Waals surface area (Å²) in [6, 6.07) is 5.59. The van der Waals surface area contributed by atoms with Crippen molar-refractivity contribution in [2.24, 2.45) is 0 Å². The van der Waals surface area contributed by atoms with Gasteiger partial charge in [0.15, 0.2) is 6.61 Å². The van der Waals surface area contributed by atoms with E-state index in [-0.39, 0.29) is 35.8 Å². The summed E-state index contributed by atoms with van der Waals surface area (Å²) in [7, 11) is -2.33. The Morgan fingerprint density at radius 3 is 2.52 bits per heavy atom. The maximum absolute atomic E-state index is 12.8. The Hall–Kier alpha value is -1.97. The number of rotatable bonds is 5. The predicted octanol–water partition coefficient (Wildman–Crippen LogP) is 0.387. The first kappa shape index (κ1) is 19.4. The number of benzene rings is 1. The van der Waals surface area contributed by atoms with E-state index in [1.54, 1.807) is 0 Å². The molecule has 1 aliphatic heterocycles. The van der Waals surface area contributed by atoms with Crippen LogP contribution in [0.3, 0.4) is 0 Å². The van der Waals surface area contributed by atoms with Gasteiger partial charge >= 0.3 is 5.97 Å². The Morgan fingerprint density at radius 2 is 1.92 bits per heavy atom. The fourth-order valence-corrected chi connectivity index (χ4v) is 4.18. The van der Waals surface area contributed by atoms with Gasteiger partial charge in [-0.1, -0.05) is 6.07 Å². The summed E-state index contributed by atoms with van der Waals surface area (Å²) in [5.74, 6) is -1.21. The molecule has 1 fully saturated rings. The fourth-order valence-electron chi connectivity index (χ4n) is 2.55. The van der Waals surface area contributed by atoms with Gasteiger partial charge in [0.05, 0.1) is 22.7 Å². The van der Waals surface area contributed by atoms with Crippen LogP contribution in [0.5, 0.6) is 0 Å². The van der Waals surface area contributed by atoms with Crippen LogP contribution in [0.25, 0.3) is 0 Å². The summed E-state index contributed by atoms with van der Waals surface area (Å²) in [6.07, 6.45) is -0.418. The maximum atomic E-state index is 12.8. The highest BCUT2D eigenvalue weighted by Gasteiger charge is 2.32. The van der Waals surface area contributed by atoms with Crippen molar-refractivity contribution in [3.63, 3.8) is 0 Å². The van der Waals surface area contributed by atoms with Crippen molar-refractivity contribution in [1.29, 1.82) is 0 Å². The monoisotopic (exact) mass is 370 g/mol. The highest BCUT2D eigenvalue weighted by atomic mass is 32.2. The number of nitrogens with zero attached hydrogens (tertiary/aromatic N) is 1. The minimum atomic E-state index is -3.75. The van der Waals surface area contributed by atoms with Gasteiger partial charge in [-0.15, -0.1) is 0 Å². The third kappa shape index (κ3) is 4.77. The summed E-state index contributed by atoms with van der Waals surface area (Å²) in [4.78, 5) is 23.1. The molecule has 8 nitrogen and oxygen atoms in total. The zero-order chi connectivity index (χ0) is 18.6. The second kappa shape index (κ2) is 7.94. The van der Waals surface area contributed by atoms with Crippen molar-refractivity contribution in [3.8, 4) is 0 Å². The van der Waals surface area contributed by atoms with Crippen molar-refractivity contribution >= 4 is 21.9 Å². The van der Waals surface area contributed by atoms with Gasteiger partial charge in [-0.3, -0.25) is 4.79 Å². The molecule has 1 saturated heterocycles. The number of nitrogens with one attached hydrogen (secondary N) is 1. The number of hydrogen-bond acceptors (Lipinski definition) is 6. The number of hydrogen-bond donors (Lipinski definition) is 1. The molecule has 1 amide bonds. The standard InChI is InChI=1S/C16H22N2O6S/c1-11-8-18(9-12(2)24-11)25(21,22)14-6-4-5-13(7-14)16(20)23-10-15(19)17-3/h4-7,11-12H,8-10H2,1-3H3,(H,17,19). The number of morpholine rings is 1. The van der Waals surface area contributed by atoms with Crippen LogP contribution in [0.15, 0.2) is 29.2 Å². The molecule has 1 aromatic rings. The zero-order valence-corrected chi connectivity index (χ0v) is 15.2. The highest BCUT2D eigenvalue weighted by Crippen LogP contribution is 2.22. The van der Waals surface area contributed by atoms with Crippen LogP contribution in [-0.2, 0) is 24.3 Å². The molecule has 25 heavy (non-hydrogen) atoms. The molecule has 1 heterocycles. The first-order chi connectivity index (χ1) is 11.7. The number of carbonyl (C=O) groups excluding carboxylic acids is 2. The van der Waals surface area contributed by atoms with Crippen LogP contribution in [0, 0.1) is 0 Å². The Labute approximate surface area is 147 Å². The molecule has 0 aromatic heterocycles. The summed E-state index contributed by atoms with van der Waals surface area (Å²) >= 11 is 0. The van der Waals surface area contributed by atoms with Gasteiger partial charge in [0, 0.05) is 20.1 Å². The van der Waals surface area contributed by atoms with Gasteiger partial charge < -0.3 is 14.8 Å². The van der Waals surface area contributed by atoms with Gasteiger partial charge in [0.2, 0.25) is 10.0 Å². The molecule has 1 aliphatic rings. The first-order valence-electron chi connectivity index (χ1n) is 7.87. The second-order valence-corrected chi connectivity index (χ2v) is 7.79. The number of sulfonamides is 1. The first-order valence-corrected chi connectivity index (χ1v) is 9.31. The van der Waals surface area contributed by atoms with E-state index in [4.69, 9.17) is 9.47 Å². The van der Waals surface area contributed by atoms with E-state index in [9.17, 15) is 18.0 Å². The SMILES string of the molecule is CNC(=O)COC(=O)c1cccc(S(=O)(=O)N2CC(C)OC(C)C2)c1. The summed E-state index contributed by atoms with van der Waals surface area (Å²) in [5.41, 5.74) is 0.0688. The Morgan fingerprint density at radius 1 is 1.28 bits per heavy atom. The molecule has 0 saturated carbocycles. The molecule has 0 radical (unpaired) electrons. The van der Waals surface area contributed by atoms with Crippen LogP contribution in [0.2, 0.25) is 0 Å². The number of esters is 1. The third-order valence-electron chi connectivity index (χ3n) is 3.71. The van der Waals surface area contributed by atoms with Crippen molar-refractivity contribution in [3.05, 3.63) is 29.8 Å². The van der Waals surface area contributed by atoms with Crippen LogP contribution in [0.1, 0.15) is 24.2 Å². The van der Waals surface area contributed by atoms with E-state index >= 15 is 0 Å². The van der Waals surface area contributed by atoms with E-state index in [0.717, 1.165) is 0 Å². The predicted molar refractivity (Wildman–Crippen MR) is 89.6 cm³/mol. The third-order valence-corrected chi connectivity index (χ3v) is 5.53. The average molecular weight is 370 g/mol. The average Bonchev–Trinajstić information content (AvgIpc) is 2.58. The van der Waals surface area contributed by atoms with E-state index in [1.165, 1.54) is 35.6 Å². The lowest BCUT2D eigenvalue weighted by molar-refractivity contribution is -0.123. The molecule has 138 valence electrons. The minimum absolute atomic E-state index is 0.00296. The van der Waals surface area contributed by atoms with Crippen LogP contribution < -0.4 is 5.32 Å². The van der Waals surface area contributed by atoms with Crippen molar-refractivity contribution < 1.29 is 27.5 Å². The molecule has 0 aliphatic carbocycles. The van der Waals surface area contributed by atoms with Crippen molar-refractivity contribution in [1.82, 2.24) is 9.62 Å².